The minimum atomic E-state index is -4.59. The molecule has 8 heteroatoms. The Hall–Kier alpha value is -3.94. The number of aryl methyl sites for hydroxylation is 2. The van der Waals surface area contributed by atoms with E-state index in [1.165, 1.54) is 11.6 Å². The van der Waals surface area contributed by atoms with Gasteiger partial charge in [0.05, 0.1) is 16.6 Å². The smallest absolute Gasteiger partial charge is 0.366 e. The summed E-state index contributed by atoms with van der Waals surface area (Å²) in [7, 11) is 0. The summed E-state index contributed by atoms with van der Waals surface area (Å²) < 4.78 is 39.7. The third-order valence-corrected chi connectivity index (χ3v) is 5.51. The van der Waals surface area contributed by atoms with E-state index in [1.54, 1.807) is 12.1 Å². The Kier molecular flexibility index (Phi) is 6.00. The topological polar surface area (TPSA) is 88.8 Å². The van der Waals surface area contributed by atoms with Gasteiger partial charge in [-0.05, 0) is 60.2 Å². The highest BCUT2D eigenvalue weighted by molar-refractivity contribution is 6.01. The van der Waals surface area contributed by atoms with Crippen LogP contribution >= 0.6 is 0 Å². The van der Waals surface area contributed by atoms with Gasteiger partial charge in [-0.15, -0.1) is 0 Å². The van der Waals surface area contributed by atoms with Crippen molar-refractivity contribution in [2.75, 3.05) is 0 Å². The molecular formula is C25H20F3N3O2. The van der Waals surface area contributed by atoms with Crippen molar-refractivity contribution in [2.24, 2.45) is 5.73 Å². The Morgan fingerprint density at radius 2 is 1.70 bits per heavy atom. The SMILES string of the molecule is NC(=O)c1ccc(C(F)(F)F)cc1-c1ccc2c(CCCc3ccccc3)n[nH]c(=O)c2c1. The minimum absolute atomic E-state index is 0.0149. The number of amides is 1. The van der Waals surface area contributed by atoms with Crippen molar-refractivity contribution in [3.63, 3.8) is 0 Å². The van der Waals surface area contributed by atoms with Crippen LogP contribution in [0.4, 0.5) is 13.2 Å². The molecule has 4 rings (SSSR count). The number of carbonyl (C=O) groups excluding carboxylic acids is 1. The predicted octanol–water partition coefficient (Wildman–Crippen LogP) is 4.88. The molecule has 0 spiro atoms. The molecule has 5 nitrogen and oxygen atoms in total. The maximum atomic E-state index is 13.2. The van der Waals surface area contributed by atoms with Gasteiger partial charge in [0.2, 0.25) is 5.91 Å². The van der Waals surface area contributed by atoms with Crippen LogP contribution in [-0.2, 0) is 19.0 Å². The van der Waals surface area contributed by atoms with Crippen LogP contribution < -0.4 is 11.3 Å². The maximum Gasteiger partial charge on any atom is 0.416 e. The summed E-state index contributed by atoms with van der Waals surface area (Å²) in [6.45, 7) is 0. The van der Waals surface area contributed by atoms with E-state index in [1.807, 2.05) is 30.3 Å². The summed E-state index contributed by atoms with van der Waals surface area (Å²) in [5, 5.41) is 7.53. The number of halogens is 3. The molecule has 0 saturated heterocycles. The maximum absolute atomic E-state index is 13.2. The van der Waals surface area contributed by atoms with Gasteiger partial charge >= 0.3 is 6.18 Å². The summed E-state index contributed by atoms with van der Waals surface area (Å²) in [6.07, 6.45) is -2.33. The van der Waals surface area contributed by atoms with Crippen molar-refractivity contribution in [3.8, 4) is 11.1 Å². The van der Waals surface area contributed by atoms with Crippen molar-refractivity contribution in [2.45, 2.75) is 25.4 Å². The molecule has 0 aliphatic rings. The highest BCUT2D eigenvalue weighted by Crippen LogP contribution is 2.35. The van der Waals surface area contributed by atoms with Crippen LogP contribution in [0.15, 0.2) is 71.5 Å². The molecule has 0 unspecified atom stereocenters. The zero-order valence-corrected chi connectivity index (χ0v) is 17.4. The van der Waals surface area contributed by atoms with Gasteiger partial charge in [-0.2, -0.15) is 18.3 Å². The zero-order chi connectivity index (χ0) is 23.6. The number of aromatic amines is 1. The molecule has 168 valence electrons. The number of rotatable bonds is 6. The van der Waals surface area contributed by atoms with Crippen molar-refractivity contribution < 1.29 is 18.0 Å². The number of nitrogens with two attached hydrogens (primary N) is 1. The van der Waals surface area contributed by atoms with E-state index in [-0.39, 0.29) is 22.1 Å². The Morgan fingerprint density at radius 1 is 0.939 bits per heavy atom. The van der Waals surface area contributed by atoms with Crippen molar-refractivity contribution in [3.05, 3.63) is 99.5 Å². The lowest BCUT2D eigenvalue weighted by atomic mass is 9.94. The number of carbonyl (C=O) groups is 1. The van der Waals surface area contributed by atoms with Gasteiger partial charge in [0, 0.05) is 10.9 Å². The molecule has 1 heterocycles. The number of hydrogen-bond acceptors (Lipinski definition) is 3. The van der Waals surface area contributed by atoms with Gasteiger partial charge < -0.3 is 5.73 Å². The highest BCUT2D eigenvalue weighted by atomic mass is 19.4. The van der Waals surface area contributed by atoms with Crippen molar-refractivity contribution >= 4 is 16.7 Å². The normalized spacial score (nSPS) is 11.6. The van der Waals surface area contributed by atoms with Crippen LogP contribution in [0, 0.1) is 0 Å². The molecular weight excluding hydrogens is 431 g/mol. The fourth-order valence-corrected chi connectivity index (χ4v) is 3.86. The van der Waals surface area contributed by atoms with Crippen LogP contribution in [0.25, 0.3) is 21.9 Å². The highest BCUT2D eigenvalue weighted by Gasteiger charge is 2.31. The summed E-state index contributed by atoms with van der Waals surface area (Å²) in [6, 6.07) is 17.4. The second-order valence-electron chi connectivity index (χ2n) is 7.72. The van der Waals surface area contributed by atoms with Crippen LogP contribution in [0.3, 0.4) is 0 Å². The Bertz CT molecular complexity index is 1380. The van der Waals surface area contributed by atoms with E-state index in [9.17, 15) is 22.8 Å². The van der Waals surface area contributed by atoms with Gasteiger partial charge in [-0.1, -0.05) is 42.5 Å². The van der Waals surface area contributed by atoms with Crippen LogP contribution in [0.1, 0.15) is 33.6 Å². The molecule has 0 bridgehead atoms. The molecule has 3 aromatic carbocycles. The van der Waals surface area contributed by atoms with Gasteiger partial charge in [0.25, 0.3) is 5.56 Å². The van der Waals surface area contributed by atoms with Gasteiger partial charge in [-0.3, -0.25) is 9.59 Å². The first-order valence-electron chi connectivity index (χ1n) is 10.3. The lowest BCUT2D eigenvalue weighted by molar-refractivity contribution is -0.137. The van der Waals surface area contributed by atoms with Gasteiger partial charge in [-0.25, -0.2) is 5.10 Å². The fraction of sp³-hybridized carbons (Fsp3) is 0.160. The average Bonchev–Trinajstić information content (AvgIpc) is 2.80. The van der Waals surface area contributed by atoms with E-state index in [0.717, 1.165) is 31.0 Å². The zero-order valence-electron chi connectivity index (χ0n) is 17.4. The minimum Gasteiger partial charge on any atom is -0.366 e. The first-order valence-corrected chi connectivity index (χ1v) is 10.3. The van der Waals surface area contributed by atoms with Crippen LogP contribution in [0.2, 0.25) is 0 Å². The average molecular weight is 451 g/mol. The number of nitrogens with zero attached hydrogens (tertiary/aromatic N) is 1. The molecule has 0 atom stereocenters. The third kappa shape index (κ3) is 4.79. The molecule has 0 radical (unpaired) electrons. The molecule has 0 aliphatic carbocycles. The predicted molar refractivity (Wildman–Crippen MR) is 120 cm³/mol. The summed E-state index contributed by atoms with van der Waals surface area (Å²) in [5.41, 5.74) is 6.13. The van der Waals surface area contributed by atoms with Crippen molar-refractivity contribution in [1.82, 2.24) is 10.2 Å². The summed E-state index contributed by atoms with van der Waals surface area (Å²) in [4.78, 5) is 24.3. The number of fused-ring (bicyclic) bond motifs is 1. The second kappa shape index (κ2) is 8.90. The molecule has 0 aliphatic heterocycles. The Morgan fingerprint density at radius 3 is 2.39 bits per heavy atom. The molecule has 0 fully saturated rings. The number of nitrogens with one attached hydrogen (secondary N) is 1. The molecule has 3 N–H and O–H groups in total. The van der Waals surface area contributed by atoms with Gasteiger partial charge in [0.1, 0.15) is 0 Å². The molecule has 1 amide bonds. The van der Waals surface area contributed by atoms with E-state index in [2.05, 4.69) is 10.2 Å². The first-order chi connectivity index (χ1) is 15.7. The summed E-state index contributed by atoms with van der Waals surface area (Å²) in [5.74, 6) is -0.857. The quantitative estimate of drug-likeness (QED) is 0.438. The van der Waals surface area contributed by atoms with Crippen LogP contribution in [0.5, 0.6) is 0 Å². The number of hydrogen-bond donors (Lipinski definition) is 2. The third-order valence-electron chi connectivity index (χ3n) is 5.51. The van der Waals surface area contributed by atoms with E-state index < -0.39 is 23.2 Å². The Balaban J connectivity index is 1.72. The van der Waals surface area contributed by atoms with E-state index >= 15 is 0 Å². The fourth-order valence-electron chi connectivity index (χ4n) is 3.86. The molecule has 0 saturated carbocycles. The first kappa shape index (κ1) is 22.3. The number of aromatic nitrogens is 2. The number of primary amides is 1. The monoisotopic (exact) mass is 451 g/mol. The summed E-state index contributed by atoms with van der Waals surface area (Å²) >= 11 is 0. The van der Waals surface area contributed by atoms with E-state index in [0.29, 0.717) is 17.5 Å². The number of benzene rings is 3. The lowest BCUT2D eigenvalue weighted by Crippen LogP contribution is -2.15. The van der Waals surface area contributed by atoms with Gasteiger partial charge in [0.15, 0.2) is 0 Å². The number of alkyl halides is 3. The molecule has 1 aromatic heterocycles. The molecule has 4 aromatic rings. The van der Waals surface area contributed by atoms with Crippen LogP contribution in [-0.4, -0.2) is 16.1 Å². The lowest BCUT2D eigenvalue weighted by Gasteiger charge is -2.13. The molecule has 33 heavy (non-hydrogen) atoms. The second-order valence-corrected chi connectivity index (χ2v) is 7.72. The van der Waals surface area contributed by atoms with E-state index in [4.69, 9.17) is 5.73 Å². The Labute approximate surface area is 187 Å². The standard InChI is InChI=1S/C25H20F3N3O2/c26-25(27,28)17-10-12-19(23(29)32)20(14-17)16-9-11-18-21(13-16)24(33)31-30-22(18)8-4-7-15-5-2-1-3-6-15/h1-3,5-6,9-14H,4,7-8H2,(H2,29,32)(H,31,33). The number of H-pyrrole nitrogens is 1. The largest absolute Gasteiger partial charge is 0.416 e. The van der Waals surface area contributed by atoms with Crippen molar-refractivity contribution in [1.29, 1.82) is 0 Å².